The van der Waals surface area contributed by atoms with Crippen LogP contribution in [0.5, 0.6) is 0 Å². The van der Waals surface area contributed by atoms with E-state index in [1.165, 1.54) is 23.9 Å². The lowest BCUT2D eigenvalue weighted by atomic mass is 10.1. The molecule has 5 heteroatoms. The minimum atomic E-state index is -0.270. The highest BCUT2D eigenvalue weighted by atomic mass is 32.2. The van der Waals surface area contributed by atoms with Gasteiger partial charge in [-0.3, -0.25) is 4.79 Å². The van der Waals surface area contributed by atoms with Crippen LogP contribution in [0.1, 0.15) is 19.3 Å². The summed E-state index contributed by atoms with van der Waals surface area (Å²) in [7, 11) is 0. The van der Waals surface area contributed by atoms with Crippen LogP contribution in [0, 0.1) is 11.7 Å². The van der Waals surface area contributed by atoms with E-state index in [0.717, 1.165) is 24.2 Å². The van der Waals surface area contributed by atoms with Gasteiger partial charge in [-0.05, 0) is 49.4 Å². The van der Waals surface area contributed by atoms with Crippen LogP contribution in [0.4, 0.5) is 4.39 Å². The van der Waals surface area contributed by atoms with Crippen molar-refractivity contribution >= 4 is 17.7 Å². The van der Waals surface area contributed by atoms with Crippen LogP contribution in [0.3, 0.4) is 0 Å². The van der Waals surface area contributed by atoms with E-state index in [4.69, 9.17) is 0 Å². The summed E-state index contributed by atoms with van der Waals surface area (Å²) in [5.41, 5.74) is 0. The third-order valence-electron chi connectivity index (χ3n) is 3.29. The van der Waals surface area contributed by atoms with Crippen LogP contribution in [0.25, 0.3) is 0 Å². The van der Waals surface area contributed by atoms with Gasteiger partial charge in [0.2, 0.25) is 5.91 Å². The average molecular weight is 283 g/mol. The molecule has 19 heavy (non-hydrogen) atoms. The summed E-state index contributed by atoms with van der Waals surface area (Å²) in [6.45, 7) is 0.639. The van der Waals surface area contributed by atoms with Gasteiger partial charge in [0.1, 0.15) is 5.82 Å². The quantitative estimate of drug-likeness (QED) is 0.815. The van der Waals surface area contributed by atoms with Gasteiger partial charge in [0, 0.05) is 11.4 Å². The van der Waals surface area contributed by atoms with Crippen LogP contribution in [-0.4, -0.2) is 29.4 Å². The van der Waals surface area contributed by atoms with Crippen LogP contribution in [0.2, 0.25) is 0 Å². The number of nitrogens with one attached hydrogen (secondary N) is 1. The molecule has 2 rings (SSSR count). The summed E-state index contributed by atoms with van der Waals surface area (Å²) in [6.07, 6.45) is 2.40. The lowest BCUT2D eigenvalue weighted by molar-refractivity contribution is -0.118. The maximum atomic E-state index is 12.7. The highest BCUT2D eigenvalue weighted by Gasteiger charge is 2.22. The van der Waals surface area contributed by atoms with Gasteiger partial charge in [0.05, 0.1) is 11.9 Å². The molecule has 1 aliphatic carbocycles. The van der Waals surface area contributed by atoms with Crippen LogP contribution in [0.15, 0.2) is 29.2 Å². The smallest absolute Gasteiger partial charge is 0.230 e. The summed E-state index contributed by atoms with van der Waals surface area (Å²) in [6, 6.07) is 6.11. The van der Waals surface area contributed by atoms with Crippen LogP contribution in [-0.2, 0) is 4.79 Å². The van der Waals surface area contributed by atoms with E-state index < -0.39 is 0 Å². The second-order valence-corrected chi connectivity index (χ2v) is 5.93. The zero-order chi connectivity index (χ0) is 13.7. The predicted octanol–water partition coefficient (Wildman–Crippen LogP) is 2.19. The second-order valence-electron chi connectivity index (χ2n) is 4.88. The van der Waals surface area contributed by atoms with E-state index in [0.29, 0.717) is 18.2 Å². The minimum absolute atomic E-state index is 0.0179. The molecule has 2 atom stereocenters. The van der Waals surface area contributed by atoms with Gasteiger partial charge in [0.25, 0.3) is 0 Å². The normalized spacial score (nSPS) is 22.4. The number of halogens is 1. The molecule has 3 nitrogen and oxygen atoms in total. The number of hydrogen-bond donors (Lipinski definition) is 2. The van der Waals surface area contributed by atoms with Gasteiger partial charge in [0.15, 0.2) is 0 Å². The predicted molar refractivity (Wildman–Crippen MR) is 73.5 cm³/mol. The molecule has 0 heterocycles. The van der Waals surface area contributed by atoms with Crippen molar-refractivity contribution < 1.29 is 14.3 Å². The summed E-state index contributed by atoms with van der Waals surface area (Å²) in [5, 5.41) is 12.3. The molecule has 2 N–H and O–H groups in total. The number of benzene rings is 1. The highest BCUT2D eigenvalue weighted by molar-refractivity contribution is 8.00. The summed E-state index contributed by atoms with van der Waals surface area (Å²) >= 11 is 1.39. The number of carbonyl (C=O) groups is 1. The van der Waals surface area contributed by atoms with Crippen LogP contribution < -0.4 is 5.32 Å². The zero-order valence-electron chi connectivity index (χ0n) is 10.6. The molecule has 0 saturated heterocycles. The van der Waals surface area contributed by atoms with E-state index >= 15 is 0 Å². The monoisotopic (exact) mass is 283 g/mol. The maximum absolute atomic E-state index is 12.7. The highest BCUT2D eigenvalue weighted by Crippen LogP contribution is 2.24. The fourth-order valence-electron chi connectivity index (χ4n) is 2.22. The lowest BCUT2D eigenvalue weighted by Crippen LogP contribution is -2.30. The van der Waals surface area contributed by atoms with E-state index in [9.17, 15) is 14.3 Å². The fraction of sp³-hybridized carbons (Fsp3) is 0.500. The van der Waals surface area contributed by atoms with Crippen molar-refractivity contribution in [3.63, 3.8) is 0 Å². The van der Waals surface area contributed by atoms with Gasteiger partial charge in [-0.1, -0.05) is 0 Å². The Kier molecular flexibility index (Phi) is 5.22. The third-order valence-corrected chi connectivity index (χ3v) is 4.30. The first-order valence-electron chi connectivity index (χ1n) is 6.46. The molecule has 0 radical (unpaired) electrons. The Morgan fingerprint density at radius 3 is 2.74 bits per heavy atom. The molecule has 0 aromatic heterocycles. The molecule has 1 fully saturated rings. The molecular formula is C14H18FNO2S. The number of amides is 1. The van der Waals surface area contributed by atoms with Crippen molar-refractivity contribution in [1.29, 1.82) is 0 Å². The van der Waals surface area contributed by atoms with E-state index in [2.05, 4.69) is 5.32 Å². The average Bonchev–Trinajstić information content (AvgIpc) is 2.81. The van der Waals surface area contributed by atoms with Crippen molar-refractivity contribution in [2.45, 2.75) is 30.3 Å². The maximum Gasteiger partial charge on any atom is 0.230 e. The number of rotatable bonds is 5. The van der Waals surface area contributed by atoms with Crippen molar-refractivity contribution in [3.05, 3.63) is 30.1 Å². The first kappa shape index (κ1) is 14.3. The number of hydrogen-bond acceptors (Lipinski definition) is 3. The Bertz CT molecular complexity index is 424. The molecular weight excluding hydrogens is 265 g/mol. The zero-order valence-corrected chi connectivity index (χ0v) is 11.5. The van der Waals surface area contributed by atoms with Gasteiger partial charge in [-0.25, -0.2) is 4.39 Å². The van der Waals surface area contributed by atoms with Gasteiger partial charge in [-0.2, -0.15) is 0 Å². The van der Waals surface area contributed by atoms with Crippen molar-refractivity contribution in [1.82, 2.24) is 5.32 Å². The first-order valence-corrected chi connectivity index (χ1v) is 7.45. The molecule has 0 spiro atoms. The number of carbonyl (C=O) groups excluding carboxylic acids is 1. The Labute approximate surface area is 116 Å². The second kappa shape index (κ2) is 6.91. The minimum Gasteiger partial charge on any atom is -0.393 e. The fourth-order valence-corrected chi connectivity index (χ4v) is 2.95. The van der Waals surface area contributed by atoms with Crippen molar-refractivity contribution in [2.24, 2.45) is 5.92 Å². The summed E-state index contributed by atoms with van der Waals surface area (Å²) < 4.78 is 12.7. The number of thioether (sulfide) groups is 1. The number of aliphatic hydroxyl groups is 1. The topological polar surface area (TPSA) is 49.3 Å². The molecule has 0 aliphatic heterocycles. The molecule has 1 saturated carbocycles. The van der Waals surface area contributed by atoms with E-state index in [1.807, 2.05) is 0 Å². The van der Waals surface area contributed by atoms with Gasteiger partial charge >= 0.3 is 0 Å². The molecule has 1 aromatic carbocycles. The summed E-state index contributed by atoms with van der Waals surface area (Å²) in [5.74, 6) is 0.444. The summed E-state index contributed by atoms with van der Waals surface area (Å²) in [4.78, 5) is 12.5. The number of aliphatic hydroxyl groups excluding tert-OH is 1. The van der Waals surface area contributed by atoms with Crippen LogP contribution >= 0.6 is 11.8 Å². The Hall–Kier alpha value is -1.07. The van der Waals surface area contributed by atoms with Crippen molar-refractivity contribution in [3.8, 4) is 0 Å². The van der Waals surface area contributed by atoms with E-state index in [-0.39, 0.29) is 17.8 Å². The Balaban J connectivity index is 1.65. The Morgan fingerprint density at radius 1 is 1.37 bits per heavy atom. The van der Waals surface area contributed by atoms with Crippen molar-refractivity contribution in [2.75, 3.05) is 12.3 Å². The van der Waals surface area contributed by atoms with E-state index in [1.54, 1.807) is 12.1 Å². The molecule has 104 valence electrons. The molecule has 2 unspecified atom stereocenters. The first-order chi connectivity index (χ1) is 9.13. The largest absolute Gasteiger partial charge is 0.393 e. The standard InChI is InChI=1S/C14H18FNO2S/c15-11-2-5-13(6-3-11)19-9-14(18)16-8-10-1-4-12(17)7-10/h2-3,5-6,10,12,17H,1,4,7-9H2,(H,16,18). The Morgan fingerprint density at radius 2 is 2.11 bits per heavy atom. The molecule has 1 aromatic rings. The molecule has 1 amide bonds. The third kappa shape index (κ3) is 4.84. The molecule has 0 bridgehead atoms. The SMILES string of the molecule is O=C(CSc1ccc(F)cc1)NCC1CCC(O)C1. The lowest BCUT2D eigenvalue weighted by Gasteiger charge is -2.10. The van der Waals surface area contributed by atoms with Gasteiger partial charge < -0.3 is 10.4 Å². The molecule has 1 aliphatic rings. The van der Waals surface area contributed by atoms with Gasteiger partial charge in [-0.15, -0.1) is 11.8 Å².